The lowest BCUT2D eigenvalue weighted by Crippen LogP contribution is -2.49. The first kappa shape index (κ1) is 31.7. The van der Waals surface area contributed by atoms with E-state index < -0.39 is 33.3 Å². The topological polar surface area (TPSA) is 115 Å². The maximum absolute atomic E-state index is 14.4. The number of nitrogens with zero attached hydrogens (tertiary/aromatic N) is 3. The van der Waals surface area contributed by atoms with Gasteiger partial charge in [0, 0.05) is 44.0 Å². The van der Waals surface area contributed by atoms with E-state index in [0.29, 0.717) is 23.7 Å². The minimum atomic E-state index is -3.34. The van der Waals surface area contributed by atoms with Gasteiger partial charge < -0.3 is 15.0 Å². The maximum atomic E-state index is 14.4. The molecule has 1 aliphatic heterocycles. The summed E-state index contributed by atoms with van der Waals surface area (Å²) >= 11 is 0. The third-order valence-corrected chi connectivity index (χ3v) is 7.76. The number of carbonyl (C=O) groups is 1. The number of nitrogens with one attached hydrogen (secondary N) is 2. The molecule has 4 rings (SSSR count). The van der Waals surface area contributed by atoms with Crippen LogP contribution in [0.25, 0.3) is 0 Å². The molecule has 0 radical (unpaired) electrons. The fourth-order valence-corrected chi connectivity index (χ4v) is 5.51. The summed E-state index contributed by atoms with van der Waals surface area (Å²) in [4.78, 5) is 17.2. The lowest BCUT2D eigenvalue weighted by molar-refractivity contribution is 0.122. The van der Waals surface area contributed by atoms with Crippen LogP contribution in [0.1, 0.15) is 43.7 Å². The van der Waals surface area contributed by atoms with Gasteiger partial charge in [0.25, 0.3) is 0 Å². The van der Waals surface area contributed by atoms with Gasteiger partial charge in [-0.05, 0) is 67.3 Å². The number of likely N-dealkylation sites (tertiary alicyclic amines) is 1. The average molecular weight is 612 g/mol. The van der Waals surface area contributed by atoms with Gasteiger partial charge in [0.2, 0.25) is 10.0 Å². The van der Waals surface area contributed by atoms with E-state index in [1.54, 1.807) is 35.2 Å². The summed E-state index contributed by atoms with van der Waals surface area (Å²) < 4.78 is 59.5. The Kier molecular flexibility index (Phi) is 10.6. The van der Waals surface area contributed by atoms with Gasteiger partial charge in [0.05, 0.1) is 17.5 Å². The van der Waals surface area contributed by atoms with Crippen molar-refractivity contribution in [3.8, 4) is 17.6 Å². The zero-order valence-electron chi connectivity index (χ0n) is 24.1. The minimum absolute atomic E-state index is 0.0381. The van der Waals surface area contributed by atoms with Crippen LogP contribution in [0, 0.1) is 23.0 Å². The highest BCUT2D eigenvalue weighted by Gasteiger charge is 2.28. The molecule has 1 heterocycles. The molecule has 228 valence electrons. The fraction of sp³-hybridized carbons (Fsp3) is 0.355. The standard InChI is InChI=1S/C31H35F2N5O4S/c1-3-4-15-38(31(39)35-30-19-28(32)23(20-34)18-29(30)33)25-13-16-37(17-14-25)21-22-5-9-26(10-6-22)42-27-11-7-24(8-12-27)36-43(2,40)41/h5-12,18-19,25,36H,3-4,13-17,21H2,1-2H3,(H,35,39). The Labute approximate surface area is 251 Å². The normalized spacial score (nSPS) is 14.1. The lowest BCUT2D eigenvalue weighted by atomic mass is 10.0. The summed E-state index contributed by atoms with van der Waals surface area (Å²) in [7, 11) is -3.34. The second kappa shape index (κ2) is 14.3. The summed E-state index contributed by atoms with van der Waals surface area (Å²) in [6.07, 6.45) is 4.25. The maximum Gasteiger partial charge on any atom is 0.322 e. The second-order valence-electron chi connectivity index (χ2n) is 10.6. The van der Waals surface area contributed by atoms with E-state index >= 15 is 0 Å². The smallest absolute Gasteiger partial charge is 0.322 e. The molecule has 43 heavy (non-hydrogen) atoms. The van der Waals surface area contributed by atoms with Crippen LogP contribution in [-0.4, -0.2) is 56.2 Å². The average Bonchev–Trinajstić information content (AvgIpc) is 2.97. The van der Waals surface area contributed by atoms with Crippen molar-refractivity contribution in [1.82, 2.24) is 9.80 Å². The van der Waals surface area contributed by atoms with Crippen LogP contribution in [-0.2, 0) is 16.6 Å². The molecule has 0 aromatic heterocycles. The van der Waals surface area contributed by atoms with Gasteiger partial charge in [-0.15, -0.1) is 0 Å². The number of amides is 2. The van der Waals surface area contributed by atoms with Crippen molar-refractivity contribution in [3.05, 3.63) is 83.4 Å². The molecule has 0 atom stereocenters. The Hall–Kier alpha value is -4.21. The van der Waals surface area contributed by atoms with Crippen LogP contribution >= 0.6 is 0 Å². The van der Waals surface area contributed by atoms with Crippen molar-refractivity contribution in [2.24, 2.45) is 0 Å². The number of halogens is 2. The molecule has 0 bridgehead atoms. The van der Waals surface area contributed by atoms with Crippen LogP contribution in [0.2, 0.25) is 0 Å². The Balaban J connectivity index is 1.30. The van der Waals surface area contributed by atoms with Gasteiger partial charge in [-0.3, -0.25) is 9.62 Å². The first-order valence-corrected chi connectivity index (χ1v) is 16.0. The number of benzene rings is 3. The van der Waals surface area contributed by atoms with E-state index in [9.17, 15) is 22.0 Å². The van der Waals surface area contributed by atoms with Crippen molar-refractivity contribution < 1.29 is 26.7 Å². The number of hydrogen-bond acceptors (Lipinski definition) is 6. The van der Waals surface area contributed by atoms with Crippen LogP contribution < -0.4 is 14.8 Å². The number of nitriles is 1. The number of hydrogen-bond donors (Lipinski definition) is 2. The molecule has 0 aliphatic carbocycles. The largest absolute Gasteiger partial charge is 0.457 e. The monoisotopic (exact) mass is 611 g/mol. The van der Waals surface area contributed by atoms with Gasteiger partial charge in [-0.25, -0.2) is 22.0 Å². The Morgan fingerprint density at radius 3 is 2.26 bits per heavy atom. The second-order valence-corrected chi connectivity index (χ2v) is 12.3. The molecule has 0 saturated carbocycles. The predicted molar refractivity (Wildman–Crippen MR) is 161 cm³/mol. The fourth-order valence-electron chi connectivity index (χ4n) is 4.95. The summed E-state index contributed by atoms with van der Waals surface area (Å²) in [5.74, 6) is -0.502. The molecule has 1 fully saturated rings. The zero-order valence-corrected chi connectivity index (χ0v) is 25.0. The van der Waals surface area contributed by atoms with E-state index in [4.69, 9.17) is 10.00 Å². The molecule has 0 unspecified atom stereocenters. The third kappa shape index (κ3) is 9.14. The number of ether oxygens (including phenoxy) is 1. The first-order valence-electron chi connectivity index (χ1n) is 14.1. The molecular formula is C31H35F2N5O4S. The third-order valence-electron chi connectivity index (χ3n) is 7.15. The number of unbranched alkanes of at least 4 members (excludes halogenated alkanes) is 1. The van der Waals surface area contributed by atoms with Gasteiger partial charge in [0.15, 0.2) is 0 Å². The molecule has 1 aliphatic rings. The van der Waals surface area contributed by atoms with Crippen LogP contribution in [0.15, 0.2) is 60.7 Å². The Bertz CT molecular complexity index is 1550. The molecule has 3 aromatic rings. The number of sulfonamides is 1. The number of rotatable bonds is 11. The molecule has 1 saturated heterocycles. The van der Waals surface area contributed by atoms with Crippen molar-refractivity contribution in [2.45, 2.75) is 45.2 Å². The lowest BCUT2D eigenvalue weighted by Gasteiger charge is -2.38. The molecule has 2 amide bonds. The van der Waals surface area contributed by atoms with Crippen LogP contribution in [0.4, 0.5) is 25.0 Å². The summed E-state index contributed by atoms with van der Waals surface area (Å²) in [6.45, 7) is 4.81. The van der Waals surface area contributed by atoms with Crippen LogP contribution in [0.3, 0.4) is 0 Å². The van der Waals surface area contributed by atoms with Crippen LogP contribution in [0.5, 0.6) is 11.5 Å². The zero-order chi connectivity index (χ0) is 31.0. The van der Waals surface area contributed by atoms with Gasteiger partial charge in [0.1, 0.15) is 29.2 Å². The molecule has 12 heteroatoms. The van der Waals surface area contributed by atoms with Gasteiger partial charge in [-0.1, -0.05) is 25.5 Å². The highest BCUT2D eigenvalue weighted by molar-refractivity contribution is 7.92. The highest BCUT2D eigenvalue weighted by atomic mass is 32.2. The summed E-state index contributed by atoms with van der Waals surface area (Å²) in [6, 6.07) is 17.1. The molecule has 2 N–H and O–H groups in total. The minimum Gasteiger partial charge on any atom is -0.457 e. The molecule has 9 nitrogen and oxygen atoms in total. The Morgan fingerprint density at radius 2 is 1.67 bits per heavy atom. The van der Waals surface area contributed by atoms with Crippen molar-refractivity contribution >= 4 is 27.4 Å². The van der Waals surface area contributed by atoms with E-state index in [1.165, 1.54) is 0 Å². The molecular weight excluding hydrogens is 576 g/mol. The molecule has 0 spiro atoms. The van der Waals surface area contributed by atoms with Gasteiger partial charge >= 0.3 is 6.03 Å². The SMILES string of the molecule is CCCCN(C(=O)Nc1cc(F)c(C#N)cc1F)C1CCN(Cc2ccc(Oc3ccc(NS(C)(=O)=O)cc3)cc2)CC1. The summed E-state index contributed by atoms with van der Waals surface area (Å²) in [5.41, 5.74) is 0.869. The van der Waals surface area contributed by atoms with E-state index in [0.717, 1.165) is 69.3 Å². The number of carbonyl (C=O) groups excluding carboxylic acids is 1. The summed E-state index contributed by atoms with van der Waals surface area (Å²) in [5, 5.41) is 11.4. The predicted octanol–water partition coefficient (Wildman–Crippen LogP) is 6.30. The number of urea groups is 1. The van der Waals surface area contributed by atoms with Crippen molar-refractivity contribution in [1.29, 1.82) is 5.26 Å². The van der Waals surface area contributed by atoms with Crippen molar-refractivity contribution in [3.63, 3.8) is 0 Å². The number of anilines is 2. The van der Waals surface area contributed by atoms with E-state index in [1.807, 2.05) is 31.2 Å². The van der Waals surface area contributed by atoms with E-state index in [-0.39, 0.29) is 11.7 Å². The van der Waals surface area contributed by atoms with E-state index in [2.05, 4.69) is 14.9 Å². The first-order chi connectivity index (χ1) is 20.5. The number of piperidine rings is 1. The quantitative estimate of drug-likeness (QED) is 0.263. The highest BCUT2D eigenvalue weighted by Crippen LogP contribution is 2.26. The molecule has 3 aromatic carbocycles. The van der Waals surface area contributed by atoms with Crippen molar-refractivity contribution in [2.75, 3.05) is 35.9 Å². The van der Waals surface area contributed by atoms with Gasteiger partial charge in [-0.2, -0.15) is 5.26 Å². The Morgan fingerprint density at radius 1 is 1.05 bits per heavy atom.